The summed E-state index contributed by atoms with van der Waals surface area (Å²) in [7, 11) is 0. The van der Waals surface area contributed by atoms with Gasteiger partial charge in [0.2, 0.25) is 11.9 Å². The zero-order valence-electron chi connectivity index (χ0n) is 10.2. The SMILES string of the molecule is O=C(CN1CCOCC1C(=O)O)Nc1ncccn1. The number of hydrogen-bond acceptors (Lipinski definition) is 6. The molecule has 1 aromatic rings. The van der Waals surface area contributed by atoms with Crippen LogP contribution < -0.4 is 5.32 Å². The molecule has 1 aromatic heterocycles. The number of rotatable bonds is 4. The molecule has 0 aliphatic carbocycles. The Bertz CT molecular complexity index is 453. The van der Waals surface area contributed by atoms with Crippen molar-refractivity contribution in [2.75, 3.05) is 31.6 Å². The number of aliphatic carboxylic acids is 1. The molecular formula is C11H14N4O4. The zero-order valence-corrected chi connectivity index (χ0v) is 10.2. The molecule has 1 amide bonds. The van der Waals surface area contributed by atoms with Gasteiger partial charge in [0.1, 0.15) is 6.04 Å². The molecule has 0 spiro atoms. The van der Waals surface area contributed by atoms with Crippen molar-refractivity contribution in [3.05, 3.63) is 18.5 Å². The molecule has 8 heteroatoms. The van der Waals surface area contributed by atoms with Crippen molar-refractivity contribution >= 4 is 17.8 Å². The maximum atomic E-state index is 11.8. The average Bonchev–Trinajstić information content (AvgIpc) is 2.40. The molecule has 2 heterocycles. The summed E-state index contributed by atoms with van der Waals surface area (Å²) < 4.78 is 5.09. The first-order valence-electron chi connectivity index (χ1n) is 5.78. The number of carboxylic acids is 1. The summed E-state index contributed by atoms with van der Waals surface area (Å²) in [6.07, 6.45) is 3.02. The zero-order chi connectivity index (χ0) is 13.7. The van der Waals surface area contributed by atoms with E-state index < -0.39 is 12.0 Å². The van der Waals surface area contributed by atoms with Crippen LogP contribution in [-0.2, 0) is 14.3 Å². The van der Waals surface area contributed by atoms with Gasteiger partial charge in [-0.05, 0) is 6.07 Å². The van der Waals surface area contributed by atoms with Crippen LogP contribution >= 0.6 is 0 Å². The van der Waals surface area contributed by atoms with Gasteiger partial charge in [0.15, 0.2) is 0 Å². The molecule has 1 aliphatic rings. The van der Waals surface area contributed by atoms with Crippen LogP contribution in [0.5, 0.6) is 0 Å². The van der Waals surface area contributed by atoms with E-state index in [1.807, 2.05) is 0 Å². The van der Waals surface area contributed by atoms with E-state index in [4.69, 9.17) is 9.84 Å². The highest BCUT2D eigenvalue weighted by Gasteiger charge is 2.30. The van der Waals surface area contributed by atoms with E-state index in [0.29, 0.717) is 13.2 Å². The summed E-state index contributed by atoms with van der Waals surface area (Å²) in [5, 5.41) is 11.5. The topological polar surface area (TPSA) is 105 Å². The summed E-state index contributed by atoms with van der Waals surface area (Å²) in [4.78, 5) is 32.1. The second-order valence-electron chi connectivity index (χ2n) is 4.02. The van der Waals surface area contributed by atoms with Gasteiger partial charge < -0.3 is 9.84 Å². The van der Waals surface area contributed by atoms with Crippen LogP contribution in [0.25, 0.3) is 0 Å². The Morgan fingerprint density at radius 3 is 2.89 bits per heavy atom. The van der Waals surface area contributed by atoms with E-state index in [1.54, 1.807) is 11.0 Å². The predicted octanol–water partition coefficient (Wildman–Crippen LogP) is -0.799. The number of anilines is 1. The van der Waals surface area contributed by atoms with Crippen LogP contribution in [0.1, 0.15) is 0 Å². The van der Waals surface area contributed by atoms with Crippen LogP contribution in [0.2, 0.25) is 0 Å². The number of aromatic nitrogens is 2. The monoisotopic (exact) mass is 266 g/mol. The maximum absolute atomic E-state index is 11.8. The van der Waals surface area contributed by atoms with Gasteiger partial charge in [0, 0.05) is 18.9 Å². The van der Waals surface area contributed by atoms with Crippen molar-refractivity contribution in [2.45, 2.75) is 6.04 Å². The molecule has 2 N–H and O–H groups in total. The molecule has 19 heavy (non-hydrogen) atoms. The highest BCUT2D eigenvalue weighted by molar-refractivity contribution is 5.91. The number of hydrogen-bond donors (Lipinski definition) is 2. The Morgan fingerprint density at radius 2 is 2.21 bits per heavy atom. The van der Waals surface area contributed by atoms with Gasteiger partial charge in [-0.2, -0.15) is 0 Å². The number of carbonyl (C=O) groups is 2. The number of ether oxygens (including phenoxy) is 1. The minimum atomic E-state index is -0.997. The van der Waals surface area contributed by atoms with E-state index >= 15 is 0 Å². The molecule has 1 atom stereocenters. The third kappa shape index (κ3) is 3.70. The summed E-state index contributed by atoms with van der Waals surface area (Å²) in [5.41, 5.74) is 0. The van der Waals surface area contributed by atoms with Crippen LogP contribution in [-0.4, -0.2) is 64.2 Å². The van der Waals surface area contributed by atoms with Crippen LogP contribution in [0.4, 0.5) is 5.95 Å². The molecule has 1 fully saturated rings. The number of amides is 1. The Balaban J connectivity index is 1.92. The second kappa shape index (κ2) is 6.21. The smallest absolute Gasteiger partial charge is 0.323 e. The van der Waals surface area contributed by atoms with Crippen molar-refractivity contribution < 1.29 is 19.4 Å². The fourth-order valence-corrected chi connectivity index (χ4v) is 1.77. The van der Waals surface area contributed by atoms with E-state index in [1.165, 1.54) is 12.4 Å². The van der Waals surface area contributed by atoms with Crippen molar-refractivity contribution in [2.24, 2.45) is 0 Å². The summed E-state index contributed by atoms with van der Waals surface area (Å²) in [6.45, 7) is 0.877. The molecule has 0 aromatic carbocycles. The maximum Gasteiger partial charge on any atom is 0.323 e. The lowest BCUT2D eigenvalue weighted by Crippen LogP contribution is -2.52. The van der Waals surface area contributed by atoms with Gasteiger partial charge in [-0.1, -0.05) is 0 Å². The molecule has 1 saturated heterocycles. The first-order valence-corrected chi connectivity index (χ1v) is 5.78. The summed E-state index contributed by atoms with van der Waals surface area (Å²) >= 11 is 0. The average molecular weight is 266 g/mol. The highest BCUT2D eigenvalue weighted by atomic mass is 16.5. The lowest BCUT2D eigenvalue weighted by molar-refractivity contribution is -0.150. The summed E-state index contributed by atoms with van der Waals surface area (Å²) in [5.74, 6) is -1.14. The van der Waals surface area contributed by atoms with E-state index in [2.05, 4.69) is 15.3 Å². The van der Waals surface area contributed by atoms with Gasteiger partial charge in [0.25, 0.3) is 0 Å². The van der Waals surface area contributed by atoms with Crippen molar-refractivity contribution in [3.8, 4) is 0 Å². The Morgan fingerprint density at radius 1 is 1.47 bits per heavy atom. The molecular weight excluding hydrogens is 252 g/mol. The largest absolute Gasteiger partial charge is 0.480 e. The lowest BCUT2D eigenvalue weighted by atomic mass is 10.2. The Kier molecular flexibility index (Phi) is 4.37. The Hall–Kier alpha value is -2.06. The molecule has 1 unspecified atom stereocenters. The van der Waals surface area contributed by atoms with Crippen molar-refractivity contribution in [1.82, 2.24) is 14.9 Å². The molecule has 0 saturated carbocycles. The van der Waals surface area contributed by atoms with Crippen LogP contribution in [0.3, 0.4) is 0 Å². The number of morpholine rings is 1. The minimum absolute atomic E-state index is 0.0292. The molecule has 8 nitrogen and oxygen atoms in total. The minimum Gasteiger partial charge on any atom is -0.480 e. The quantitative estimate of drug-likeness (QED) is 0.735. The van der Waals surface area contributed by atoms with E-state index in [9.17, 15) is 9.59 Å². The first-order chi connectivity index (χ1) is 9.16. The number of carbonyl (C=O) groups excluding carboxylic acids is 1. The van der Waals surface area contributed by atoms with E-state index in [-0.39, 0.29) is 25.0 Å². The fraction of sp³-hybridized carbons (Fsp3) is 0.455. The molecule has 0 bridgehead atoms. The van der Waals surface area contributed by atoms with Crippen LogP contribution in [0.15, 0.2) is 18.5 Å². The predicted molar refractivity (Wildman–Crippen MR) is 64.5 cm³/mol. The number of nitrogens with one attached hydrogen (secondary N) is 1. The van der Waals surface area contributed by atoms with Gasteiger partial charge in [0.05, 0.1) is 19.8 Å². The fourth-order valence-electron chi connectivity index (χ4n) is 1.77. The normalized spacial score (nSPS) is 19.9. The van der Waals surface area contributed by atoms with Gasteiger partial charge in [-0.25, -0.2) is 9.97 Å². The molecule has 102 valence electrons. The molecule has 2 rings (SSSR count). The van der Waals surface area contributed by atoms with E-state index in [0.717, 1.165) is 0 Å². The van der Waals surface area contributed by atoms with Gasteiger partial charge >= 0.3 is 5.97 Å². The van der Waals surface area contributed by atoms with Crippen LogP contribution in [0, 0.1) is 0 Å². The Labute approximate surface area is 109 Å². The lowest BCUT2D eigenvalue weighted by Gasteiger charge is -2.31. The number of carboxylic acid groups (broad SMARTS) is 1. The standard InChI is InChI=1S/C11H14N4O4/c16-9(14-11-12-2-1-3-13-11)6-15-4-5-19-7-8(15)10(17)18/h1-3,8H,4-7H2,(H,17,18)(H,12,13,14,16). The van der Waals surface area contributed by atoms with Gasteiger partial charge in [-0.3, -0.25) is 19.8 Å². The second-order valence-corrected chi connectivity index (χ2v) is 4.02. The molecule has 0 radical (unpaired) electrons. The van der Waals surface area contributed by atoms with Crippen molar-refractivity contribution in [1.29, 1.82) is 0 Å². The third-order valence-electron chi connectivity index (χ3n) is 2.69. The number of nitrogens with zero attached hydrogens (tertiary/aromatic N) is 3. The highest BCUT2D eigenvalue weighted by Crippen LogP contribution is 2.07. The third-order valence-corrected chi connectivity index (χ3v) is 2.69. The first kappa shape index (κ1) is 13.4. The van der Waals surface area contributed by atoms with Crippen molar-refractivity contribution in [3.63, 3.8) is 0 Å². The van der Waals surface area contributed by atoms with Gasteiger partial charge in [-0.15, -0.1) is 0 Å². The summed E-state index contributed by atoms with van der Waals surface area (Å²) in [6, 6.07) is 0.842. The molecule has 1 aliphatic heterocycles.